The molecule has 0 saturated carbocycles. The standard InChI is InChI=1S/C16H16N2O4S/c1-8-13(10-5-6-11(21-3)12(7-10)22-4)17-16-18(8)9(2)14(23-16)15(19)20/h5-7H,1-4H3,(H,19,20). The number of aromatic nitrogens is 2. The Balaban J connectivity index is 2.18. The number of carboxylic acid groups (broad SMARTS) is 1. The molecular weight excluding hydrogens is 316 g/mol. The van der Waals surface area contributed by atoms with Gasteiger partial charge in [-0.05, 0) is 32.0 Å². The zero-order chi connectivity index (χ0) is 16.7. The lowest BCUT2D eigenvalue weighted by Gasteiger charge is -2.09. The van der Waals surface area contributed by atoms with Gasteiger partial charge in [0.1, 0.15) is 4.88 Å². The average Bonchev–Trinajstić information content (AvgIpc) is 3.04. The van der Waals surface area contributed by atoms with Gasteiger partial charge in [0.25, 0.3) is 0 Å². The second-order valence-electron chi connectivity index (χ2n) is 5.06. The van der Waals surface area contributed by atoms with E-state index in [9.17, 15) is 9.90 Å². The van der Waals surface area contributed by atoms with Crippen molar-refractivity contribution < 1.29 is 19.4 Å². The van der Waals surface area contributed by atoms with E-state index in [2.05, 4.69) is 4.98 Å². The van der Waals surface area contributed by atoms with Crippen LogP contribution in [0.4, 0.5) is 0 Å². The number of rotatable bonds is 4. The molecule has 0 aliphatic heterocycles. The van der Waals surface area contributed by atoms with Crippen LogP contribution in [0.1, 0.15) is 21.1 Å². The Morgan fingerprint density at radius 1 is 1.17 bits per heavy atom. The minimum Gasteiger partial charge on any atom is -0.493 e. The lowest BCUT2D eigenvalue weighted by atomic mass is 10.1. The summed E-state index contributed by atoms with van der Waals surface area (Å²) in [5, 5.41) is 9.23. The van der Waals surface area contributed by atoms with Gasteiger partial charge in [-0.15, -0.1) is 0 Å². The van der Waals surface area contributed by atoms with Crippen LogP contribution in [0.15, 0.2) is 18.2 Å². The quantitative estimate of drug-likeness (QED) is 0.793. The van der Waals surface area contributed by atoms with Gasteiger partial charge in [0, 0.05) is 17.0 Å². The second kappa shape index (κ2) is 5.58. The fourth-order valence-electron chi connectivity index (χ4n) is 2.66. The Kier molecular flexibility index (Phi) is 3.73. The molecule has 2 heterocycles. The summed E-state index contributed by atoms with van der Waals surface area (Å²) in [5.41, 5.74) is 3.28. The van der Waals surface area contributed by atoms with E-state index in [1.54, 1.807) is 21.1 Å². The first-order chi connectivity index (χ1) is 11.0. The second-order valence-corrected chi connectivity index (χ2v) is 6.03. The number of benzene rings is 1. The number of aromatic carboxylic acids is 1. The molecule has 0 aliphatic rings. The number of carbonyl (C=O) groups is 1. The zero-order valence-corrected chi connectivity index (χ0v) is 14.0. The number of carboxylic acids is 1. The van der Waals surface area contributed by atoms with Crippen molar-refractivity contribution in [1.82, 2.24) is 9.38 Å². The van der Waals surface area contributed by atoms with Gasteiger partial charge in [0.05, 0.1) is 19.9 Å². The molecule has 120 valence electrons. The number of thiazole rings is 1. The lowest BCUT2D eigenvalue weighted by Crippen LogP contribution is -1.98. The van der Waals surface area contributed by atoms with E-state index in [1.165, 1.54) is 11.3 Å². The van der Waals surface area contributed by atoms with Gasteiger partial charge in [-0.3, -0.25) is 4.40 Å². The predicted molar refractivity (Wildman–Crippen MR) is 88.0 cm³/mol. The third kappa shape index (κ3) is 2.33. The summed E-state index contributed by atoms with van der Waals surface area (Å²) in [6, 6.07) is 5.61. The van der Waals surface area contributed by atoms with Crippen molar-refractivity contribution in [2.75, 3.05) is 14.2 Å². The van der Waals surface area contributed by atoms with E-state index >= 15 is 0 Å². The molecule has 1 N–H and O–H groups in total. The van der Waals surface area contributed by atoms with Gasteiger partial charge in [0.2, 0.25) is 0 Å². The Hall–Kier alpha value is -2.54. The number of fused-ring (bicyclic) bond motifs is 1. The van der Waals surface area contributed by atoms with Crippen molar-refractivity contribution in [1.29, 1.82) is 0 Å². The molecule has 0 amide bonds. The number of imidazole rings is 1. The summed E-state index contributed by atoms with van der Waals surface area (Å²) < 4.78 is 12.5. The zero-order valence-electron chi connectivity index (χ0n) is 13.2. The average molecular weight is 332 g/mol. The maximum Gasteiger partial charge on any atom is 0.347 e. The van der Waals surface area contributed by atoms with Gasteiger partial charge in [0.15, 0.2) is 16.5 Å². The summed E-state index contributed by atoms with van der Waals surface area (Å²) in [7, 11) is 3.18. The molecule has 6 nitrogen and oxygen atoms in total. The molecule has 7 heteroatoms. The number of nitrogens with zero attached hydrogens (tertiary/aromatic N) is 2. The fourth-order valence-corrected chi connectivity index (χ4v) is 3.67. The number of hydrogen-bond donors (Lipinski definition) is 1. The molecule has 2 aromatic heterocycles. The van der Waals surface area contributed by atoms with Gasteiger partial charge >= 0.3 is 5.97 Å². The molecule has 0 bridgehead atoms. The highest BCUT2D eigenvalue weighted by molar-refractivity contribution is 7.19. The fraction of sp³-hybridized carbons (Fsp3) is 0.250. The van der Waals surface area contributed by atoms with Crippen LogP contribution in [-0.2, 0) is 0 Å². The molecule has 0 aliphatic carbocycles. The minimum absolute atomic E-state index is 0.314. The third-order valence-corrected chi connectivity index (χ3v) is 4.92. The summed E-state index contributed by atoms with van der Waals surface area (Å²) in [4.78, 5) is 16.8. The summed E-state index contributed by atoms with van der Waals surface area (Å²) >= 11 is 1.18. The van der Waals surface area contributed by atoms with E-state index < -0.39 is 5.97 Å². The van der Waals surface area contributed by atoms with E-state index in [1.807, 2.05) is 29.5 Å². The molecule has 0 unspecified atom stereocenters. The summed E-state index contributed by atoms with van der Waals surface area (Å²) in [6.07, 6.45) is 0. The first-order valence-corrected chi connectivity index (χ1v) is 7.73. The van der Waals surface area contributed by atoms with Crippen molar-refractivity contribution >= 4 is 22.3 Å². The molecule has 0 fully saturated rings. The SMILES string of the molecule is COc1ccc(-c2nc3sc(C(=O)O)c(C)n3c2C)cc1OC. The highest BCUT2D eigenvalue weighted by atomic mass is 32.1. The molecule has 0 saturated heterocycles. The smallest absolute Gasteiger partial charge is 0.347 e. The molecule has 0 radical (unpaired) electrons. The van der Waals surface area contributed by atoms with Gasteiger partial charge < -0.3 is 14.6 Å². The van der Waals surface area contributed by atoms with Crippen LogP contribution in [0.5, 0.6) is 11.5 Å². The first-order valence-electron chi connectivity index (χ1n) is 6.92. The van der Waals surface area contributed by atoms with Crippen molar-refractivity contribution in [3.63, 3.8) is 0 Å². The van der Waals surface area contributed by atoms with Crippen LogP contribution < -0.4 is 9.47 Å². The maximum atomic E-state index is 11.2. The molecule has 3 rings (SSSR count). The van der Waals surface area contributed by atoms with Crippen LogP contribution in [0.25, 0.3) is 16.2 Å². The highest BCUT2D eigenvalue weighted by Crippen LogP contribution is 2.35. The van der Waals surface area contributed by atoms with Crippen LogP contribution in [0, 0.1) is 13.8 Å². The number of aryl methyl sites for hydroxylation is 2. The van der Waals surface area contributed by atoms with Crippen molar-refractivity contribution in [3.05, 3.63) is 34.5 Å². The Bertz CT molecular complexity index is 911. The molecular formula is C16H16N2O4S. The number of methoxy groups -OCH3 is 2. The van der Waals surface area contributed by atoms with Crippen LogP contribution in [-0.4, -0.2) is 34.7 Å². The van der Waals surface area contributed by atoms with Crippen molar-refractivity contribution in [3.8, 4) is 22.8 Å². The van der Waals surface area contributed by atoms with Crippen LogP contribution in [0.2, 0.25) is 0 Å². The van der Waals surface area contributed by atoms with Gasteiger partial charge in [-0.1, -0.05) is 11.3 Å². The van der Waals surface area contributed by atoms with Gasteiger partial charge in [-0.2, -0.15) is 0 Å². The number of ether oxygens (including phenoxy) is 2. The van der Waals surface area contributed by atoms with Crippen molar-refractivity contribution in [2.45, 2.75) is 13.8 Å². The molecule has 0 atom stereocenters. The Morgan fingerprint density at radius 3 is 2.43 bits per heavy atom. The first kappa shape index (κ1) is 15.4. The third-order valence-electron chi connectivity index (χ3n) is 3.79. The Morgan fingerprint density at radius 2 is 1.87 bits per heavy atom. The van der Waals surface area contributed by atoms with Crippen molar-refractivity contribution in [2.24, 2.45) is 0 Å². The maximum absolute atomic E-state index is 11.2. The van der Waals surface area contributed by atoms with E-state index in [4.69, 9.17) is 9.47 Å². The normalized spacial score (nSPS) is 11.0. The molecule has 0 spiro atoms. The number of hydrogen-bond acceptors (Lipinski definition) is 5. The van der Waals surface area contributed by atoms with E-state index in [-0.39, 0.29) is 0 Å². The molecule has 23 heavy (non-hydrogen) atoms. The Labute approximate surface area is 136 Å². The predicted octanol–water partition coefficient (Wildman–Crippen LogP) is 3.40. The highest BCUT2D eigenvalue weighted by Gasteiger charge is 2.20. The van der Waals surface area contributed by atoms with E-state index in [0.717, 1.165) is 17.0 Å². The summed E-state index contributed by atoms with van der Waals surface area (Å²) in [5.74, 6) is 0.355. The monoisotopic (exact) mass is 332 g/mol. The lowest BCUT2D eigenvalue weighted by molar-refractivity contribution is 0.0701. The van der Waals surface area contributed by atoms with Gasteiger partial charge in [-0.25, -0.2) is 9.78 Å². The van der Waals surface area contributed by atoms with Crippen LogP contribution >= 0.6 is 11.3 Å². The molecule has 3 aromatic rings. The summed E-state index contributed by atoms with van der Waals surface area (Å²) in [6.45, 7) is 3.72. The van der Waals surface area contributed by atoms with Crippen LogP contribution in [0.3, 0.4) is 0 Å². The topological polar surface area (TPSA) is 73.1 Å². The largest absolute Gasteiger partial charge is 0.493 e. The minimum atomic E-state index is -0.926. The van der Waals surface area contributed by atoms with E-state index in [0.29, 0.717) is 27.0 Å². The molecule has 1 aromatic carbocycles.